The summed E-state index contributed by atoms with van der Waals surface area (Å²) in [5.41, 5.74) is -0.213. The molecule has 0 bridgehead atoms. The van der Waals surface area contributed by atoms with Crippen LogP contribution in [0.2, 0.25) is 0 Å². The molecule has 122 valence electrons. The van der Waals surface area contributed by atoms with E-state index in [4.69, 9.17) is 4.74 Å². The first-order valence-corrected chi connectivity index (χ1v) is 7.19. The van der Waals surface area contributed by atoms with Gasteiger partial charge < -0.3 is 15.0 Å². The van der Waals surface area contributed by atoms with E-state index in [-0.39, 0.29) is 23.9 Å². The van der Waals surface area contributed by atoms with Crippen LogP contribution < -0.4 is 10.6 Å². The molecule has 1 fully saturated rings. The van der Waals surface area contributed by atoms with E-state index in [0.717, 1.165) is 0 Å². The Kier molecular flexibility index (Phi) is 4.96. The lowest BCUT2D eigenvalue weighted by Crippen LogP contribution is -2.46. The van der Waals surface area contributed by atoms with Crippen LogP contribution in [0.1, 0.15) is 20.8 Å². The summed E-state index contributed by atoms with van der Waals surface area (Å²) in [5, 5.41) is 9.17. The Morgan fingerprint density at radius 2 is 2.00 bits per heavy atom. The molecule has 1 aromatic heterocycles. The summed E-state index contributed by atoms with van der Waals surface area (Å²) < 4.78 is 6.83. The Balaban J connectivity index is 1.78. The third-order valence-electron chi connectivity index (χ3n) is 3.17. The van der Waals surface area contributed by atoms with Crippen molar-refractivity contribution in [3.63, 3.8) is 0 Å². The van der Waals surface area contributed by atoms with Gasteiger partial charge in [0, 0.05) is 13.1 Å². The summed E-state index contributed by atoms with van der Waals surface area (Å²) in [6.45, 7) is 8.05. The summed E-state index contributed by atoms with van der Waals surface area (Å²) in [6, 6.07) is -0.506. The quantitative estimate of drug-likeness (QED) is 0.819. The number of amides is 3. The SMILES string of the molecule is CC(C)(C)n1cnc(NC(=O)NCC(=O)N2CCOCC2)n1. The molecule has 9 nitrogen and oxygen atoms in total. The maximum atomic E-state index is 11.9. The van der Waals surface area contributed by atoms with Crippen LogP contribution in [0.3, 0.4) is 0 Å². The van der Waals surface area contributed by atoms with Gasteiger partial charge in [-0.1, -0.05) is 0 Å². The number of morpholine rings is 1. The molecular weight excluding hydrogens is 288 g/mol. The lowest BCUT2D eigenvalue weighted by Gasteiger charge is -2.26. The molecule has 2 rings (SSSR count). The highest BCUT2D eigenvalue weighted by Crippen LogP contribution is 2.12. The lowest BCUT2D eigenvalue weighted by molar-refractivity contribution is -0.134. The highest BCUT2D eigenvalue weighted by Gasteiger charge is 2.18. The molecule has 9 heteroatoms. The van der Waals surface area contributed by atoms with E-state index in [2.05, 4.69) is 20.7 Å². The van der Waals surface area contributed by atoms with Crippen LogP contribution in [0.15, 0.2) is 6.33 Å². The molecule has 0 atom stereocenters. The number of hydrogen-bond acceptors (Lipinski definition) is 5. The minimum absolute atomic E-state index is 0.0637. The van der Waals surface area contributed by atoms with E-state index in [1.807, 2.05) is 20.8 Å². The molecule has 2 heterocycles. The predicted molar refractivity (Wildman–Crippen MR) is 79.4 cm³/mol. The van der Waals surface area contributed by atoms with Gasteiger partial charge in [-0.25, -0.2) is 14.5 Å². The summed E-state index contributed by atoms with van der Waals surface area (Å²) in [6.07, 6.45) is 1.55. The standard InChI is InChI=1S/C13H22N6O3/c1-13(2,3)19-9-15-11(17-19)16-12(21)14-8-10(20)18-4-6-22-7-5-18/h9H,4-8H2,1-3H3,(H2,14,16,17,21). The fourth-order valence-electron chi connectivity index (χ4n) is 1.87. The Morgan fingerprint density at radius 1 is 1.32 bits per heavy atom. The van der Waals surface area contributed by atoms with E-state index in [0.29, 0.717) is 26.3 Å². The van der Waals surface area contributed by atoms with E-state index in [1.165, 1.54) is 0 Å². The van der Waals surface area contributed by atoms with Gasteiger partial charge in [0.2, 0.25) is 11.9 Å². The average molecular weight is 310 g/mol. The molecule has 0 unspecified atom stereocenters. The maximum Gasteiger partial charge on any atom is 0.322 e. The highest BCUT2D eigenvalue weighted by molar-refractivity contribution is 5.90. The highest BCUT2D eigenvalue weighted by atomic mass is 16.5. The summed E-state index contributed by atoms with van der Waals surface area (Å²) in [7, 11) is 0. The molecule has 0 aromatic carbocycles. The van der Waals surface area contributed by atoms with E-state index in [1.54, 1.807) is 15.9 Å². The van der Waals surface area contributed by atoms with E-state index >= 15 is 0 Å². The van der Waals surface area contributed by atoms with Gasteiger partial charge in [-0.05, 0) is 20.8 Å². The number of ether oxygens (including phenoxy) is 1. The van der Waals surface area contributed by atoms with Crippen LogP contribution in [0.25, 0.3) is 0 Å². The summed E-state index contributed by atoms with van der Waals surface area (Å²) in [5.74, 6) is 0.0675. The fourth-order valence-corrected chi connectivity index (χ4v) is 1.87. The van der Waals surface area contributed by atoms with E-state index < -0.39 is 6.03 Å². The Hall–Kier alpha value is -2.16. The molecule has 1 aliphatic rings. The first-order valence-electron chi connectivity index (χ1n) is 7.19. The van der Waals surface area contributed by atoms with Crippen LogP contribution in [0.4, 0.5) is 10.7 Å². The largest absolute Gasteiger partial charge is 0.378 e. The van der Waals surface area contributed by atoms with Crippen molar-refractivity contribution in [2.24, 2.45) is 0 Å². The second-order valence-electron chi connectivity index (χ2n) is 5.98. The minimum Gasteiger partial charge on any atom is -0.378 e. The predicted octanol–water partition coefficient (Wildman–Crippen LogP) is 0.0134. The van der Waals surface area contributed by atoms with Crippen molar-refractivity contribution in [2.75, 3.05) is 38.2 Å². The first-order chi connectivity index (χ1) is 10.4. The minimum atomic E-state index is -0.506. The van der Waals surface area contributed by atoms with Crippen molar-refractivity contribution in [3.05, 3.63) is 6.33 Å². The number of aromatic nitrogens is 3. The second-order valence-corrected chi connectivity index (χ2v) is 5.98. The normalized spacial score (nSPS) is 15.5. The van der Waals surface area contributed by atoms with Crippen LogP contribution in [-0.2, 0) is 15.1 Å². The number of nitrogens with zero attached hydrogens (tertiary/aromatic N) is 4. The summed E-state index contributed by atoms with van der Waals surface area (Å²) >= 11 is 0. The Bertz CT molecular complexity index is 530. The topological polar surface area (TPSA) is 101 Å². The zero-order chi connectivity index (χ0) is 16.2. The number of hydrogen-bond donors (Lipinski definition) is 2. The van der Waals surface area contributed by atoms with Gasteiger partial charge >= 0.3 is 6.03 Å². The Labute approximate surface area is 129 Å². The number of urea groups is 1. The molecule has 0 spiro atoms. The van der Waals surface area contributed by atoms with Crippen molar-refractivity contribution < 1.29 is 14.3 Å². The van der Waals surface area contributed by atoms with Crippen molar-refractivity contribution in [1.82, 2.24) is 25.0 Å². The van der Waals surface area contributed by atoms with Crippen molar-refractivity contribution in [1.29, 1.82) is 0 Å². The molecule has 0 aliphatic carbocycles. The monoisotopic (exact) mass is 310 g/mol. The van der Waals surface area contributed by atoms with Gasteiger partial charge in [-0.3, -0.25) is 10.1 Å². The zero-order valence-corrected chi connectivity index (χ0v) is 13.1. The smallest absolute Gasteiger partial charge is 0.322 e. The van der Waals surface area contributed by atoms with Crippen LogP contribution in [0.5, 0.6) is 0 Å². The van der Waals surface area contributed by atoms with Crippen molar-refractivity contribution in [2.45, 2.75) is 26.3 Å². The fraction of sp³-hybridized carbons (Fsp3) is 0.692. The summed E-state index contributed by atoms with van der Waals surface area (Å²) in [4.78, 5) is 29.3. The van der Waals surface area contributed by atoms with E-state index in [9.17, 15) is 9.59 Å². The number of carbonyl (C=O) groups is 2. The van der Waals surface area contributed by atoms with Gasteiger partial charge in [0.25, 0.3) is 0 Å². The van der Waals surface area contributed by atoms with Crippen molar-refractivity contribution in [3.8, 4) is 0 Å². The molecule has 1 aromatic rings. The van der Waals surface area contributed by atoms with Crippen LogP contribution in [0, 0.1) is 0 Å². The lowest BCUT2D eigenvalue weighted by atomic mass is 10.1. The third-order valence-corrected chi connectivity index (χ3v) is 3.17. The third kappa shape index (κ3) is 4.42. The average Bonchev–Trinajstić information content (AvgIpc) is 2.94. The maximum absolute atomic E-state index is 11.9. The second kappa shape index (κ2) is 6.73. The van der Waals surface area contributed by atoms with Gasteiger partial charge in [0.15, 0.2) is 0 Å². The zero-order valence-electron chi connectivity index (χ0n) is 13.1. The van der Waals surface area contributed by atoms with Gasteiger partial charge in [-0.15, -0.1) is 5.10 Å². The van der Waals surface area contributed by atoms with Crippen LogP contribution in [-0.4, -0.2) is 64.5 Å². The number of rotatable bonds is 3. The molecule has 0 radical (unpaired) electrons. The molecule has 22 heavy (non-hydrogen) atoms. The number of carbonyl (C=O) groups excluding carboxylic acids is 2. The molecule has 1 aliphatic heterocycles. The Morgan fingerprint density at radius 3 is 2.59 bits per heavy atom. The number of nitrogens with one attached hydrogen (secondary N) is 2. The first kappa shape index (κ1) is 16.2. The van der Waals surface area contributed by atoms with Gasteiger partial charge in [-0.2, -0.15) is 0 Å². The van der Waals surface area contributed by atoms with Crippen LogP contribution >= 0.6 is 0 Å². The van der Waals surface area contributed by atoms with Crippen molar-refractivity contribution >= 4 is 17.9 Å². The molecule has 2 N–H and O–H groups in total. The molecular formula is C13H22N6O3. The molecule has 3 amide bonds. The molecule has 1 saturated heterocycles. The number of anilines is 1. The molecule has 0 saturated carbocycles. The van der Waals surface area contributed by atoms with Gasteiger partial charge in [0.05, 0.1) is 25.3 Å². The van der Waals surface area contributed by atoms with Gasteiger partial charge in [0.1, 0.15) is 6.33 Å².